The van der Waals surface area contributed by atoms with Gasteiger partial charge in [0.25, 0.3) is 0 Å². The van der Waals surface area contributed by atoms with Crippen LogP contribution in [0.4, 0.5) is 19.0 Å². The predicted octanol–water partition coefficient (Wildman–Crippen LogP) is 3.55. The molecule has 5 nitrogen and oxygen atoms in total. The van der Waals surface area contributed by atoms with Gasteiger partial charge in [-0.25, -0.2) is 4.98 Å². The predicted molar refractivity (Wildman–Crippen MR) is 107 cm³/mol. The average Bonchev–Trinajstić information content (AvgIpc) is 2.68. The largest absolute Gasteiger partial charge is 0.419 e. The van der Waals surface area contributed by atoms with E-state index in [9.17, 15) is 18.0 Å². The van der Waals surface area contributed by atoms with E-state index in [4.69, 9.17) is 0 Å². The summed E-state index contributed by atoms with van der Waals surface area (Å²) in [5.41, 5.74) is -0.737. The number of pyridine rings is 1. The number of amides is 1. The van der Waals surface area contributed by atoms with E-state index in [0.29, 0.717) is 25.3 Å². The number of halogens is 3. The molecule has 2 fully saturated rings. The quantitative estimate of drug-likeness (QED) is 0.804. The van der Waals surface area contributed by atoms with Gasteiger partial charge in [-0.15, -0.1) is 0 Å². The molecule has 1 atom stereocenters. The van der Waals surface area contributed by atoms with Crippen LogP contribution in [0.3, 0.4) is 0 Å². The highest BCUT2D eigenvalue weighted by molar-refractivity contribution is 5.80. The zero-order chi connectivity index (χ0) is 21.0. The Hall–Kier alpha value is -1.83. The fourth-order valence-corrected chi connectivity index (χ4v) is 4.35. The Labute approximate surface area is 170 Å². The molecule has 0 aliphatic carbocycles. The van der Waals surface area contributed by atoms with E-state index in [2.05, 4.69) is 29.0 Å². The Bertz CT molecular complexity index is 687. The number of likely N-dealkylation sites (tertiary alicyclic amines) is 1. The second-order valence-electron chi connectivity index (χ2n) is 8.63. The van der Waals surface area contributed by atoms with E-state index >= 15 is 0 Å². The Kier molecular flexibility index (Phi) is 7.03. The van der Waals surface area contributed by atoms with Crippen molar-refractivity contribution in [3.05, 3.63) is 23.9 Å². The molecule has 0 unspecified atom stereocenters. The van der Waals surface area contributed by atoms with Crippen molar-refractivity contribution < 1.29 is 18.0 Å². The summed E-state index contributed by atoms with van der Waals surface area (Å²) in [5.74, 6) is 0.212. The lowest BCUT2D eigenvalue weighted by Crippen LogP contribution is -2.50. The maximum atomic E-state index is 13.3. The van der Waals surface area contributed by atoms with Crippen LogP contribution in [-0.4, -0.2) is 54.6 Å². The van der Waals surface area contributed by atoms with E-state index in [1.54, 1.807) is 4.90 Å². The fourth-order valence-electron chi connectivity index (χ4n) is 4.35. The van der Waals surface area contributed by atoms with Gasteiger partial charge in [-0.1, -0.05) is 13.8 Å². The van der Waals surface area contributed by atoms with Gasteiger partial charge in [0.1, 0.15) is 5.82 Å². The lowest BCUT2D eigenvalue weighted by atomic mass is 9.95. The molecule has 0 saturated carbocycles. The molecule has 0 bridgehead atoms. The maximum absolute atomic E-state index is 13.3. The third-order valence-corrected chi connectivity index (χ3v) is 5.74. The van der Waals surface area contributed by atoms with Gasteiger partial charge in [-0.3, -0.25) is 4.79 Å². The summed E-state index contributed by atoms with van der Waals surface area (Å²) >= 11 is 0. The molecule has 0 aromatic carbocycles. The molecule has 0 radical (unpaired) electrons. The average molecular weight is 413 g/mol. The molecule has 162 valence electrons. The van der Waals surface area contributed by atoms with Crippen molar-refractivity contribution in [2.24, 2.45) is 11.8 Å². The molecular formula is C21H31F3N4O. The number of carbonyl (C=O) groups is 1. The first-order valence-corrected chi connectivity index (χ1v) is 10.5. The summed E-state index contributed by atoms with van der Waals surface area (Å²) in [6.07, 6.45) is 0.143. The third-order valence-electron chi connectivity index (χ3n) is 5.74. The standard InChI is InChI=1S/C21H31F3N4O/c1-15(2)13-27-11-7-17(8-12-27)26-20(29)16-5-4-10-28(14-16)19-18(21(22,23)24)6-3-9-25-19/h3,6,9,15-17H,4-5,7-8,10-14H2,1-2H3,(H,26,29)/t16-/m0/s1. The molecule has 1 amide bonds. The maximum Gasteiger partial charge on any atom is 0.419 e. The molecule has 1 aromatic heterocycles. The minimum absolute atomic E-state index is 0.0403. The normalized spacial score (nSPS) is 22.1. The van der Waals surface area contributed by atoms with E-state index in [0.717, 1.165) is 38.5 Å². The molecule has 0 spiro atoms. The lowest BCUT2D eigenvalue weighted by molar-refractivity contribution is -0.137. The van der Waals surface area contributed by atoms with Crippen LogP contribution in [0.25, 0.3) is 0 Å². The second-order valence-corrected chi connectivity index (χ2v) is 8.63. The van der Waals surface area contributed by atoms with Crippen LogP contribution in [0, 0.1) is 11.8 Å². The highest BCUT2D eigenvalue weighted by Crippen LogP contribution is 2.36. The van der Waals surface area contributed by atoms with Gasteiger partial charge < -0.3 is 15.1 Å². The lowest BCUT2D eigenvalue weighted by Gasteiger charge is -2.36. The van der Waals surface area contributed by atoms with Gasteiger partial charge in [0.05, 0.1) is 11.5 Å². The van der Waals surface area contributed by atoms with Crippen molar-refractivity contribution in [1.82, 2.24) is 15.2 Å². The zero-order valence-corrected chi connectivity index (χ0v) is 17.2. The van der Waals surface area contributed by atoms with Gasteiger partial charge in [-0.05, 0) is 43.7 Å². The van der Waals surface area contributed by atoms with Crippen molar-refractivity contribution in [2.45, 2.75) is 51.7 Å². The number of hydrogen-bond donors (Lipinski definition) is 1. The molecular weight excluding hydrogens is 381 g/mol. The smallest absolute Gasteiger partial charge is 0.355 e. The van der Waals surface area contributed by atoms with Gasteiger partial charge in [0, 0.05) is 45.0 Å². The minimum atomic E-state index is -4.46. The van der Waals surface area contributed by atoms with Gasteiger partial charge >= 0.3 is 6.18 Å². The van der Waals surface area contributed by atoms with Crippen LogP contribution in [-0.2, 0) is 11.0 Å². The van der Waals surface area contributed by atoms with Crippen molar-refractivity contribution >= 4 is 11.7 Å². The van der Waals surface area contributed by atoms with Crippen LogP contribution in [0.15, 0.2) is 18.3 Å². The third kappa shape index (κ3) is 5.84. The Morgan fingerprint density at radius 1 is 1.24 bits per heavy atom. The van der Waals surface area contributed by atoms with Crippen LogP contribution in [0.2, 0.25) is 0 Å². The molecule has 1 aromatic rings. The topological polar surface area (TPSA) is 48.5 Å². The highest BCUT2D eigenvalue weighted by atomic mass is 19.4. The fraction of sp³-hybridized carbons (Fsp3) is 0.714. The number of nitrogens with one attached hydrogen (secondary N) is 1. The molecule has 1 N–H and O–H groups in total. The Morgan fingerprint density at radius 2 is 1.97 bits per heavy atom. The number of carbonyl (C=O) groups excluding carboxylic acids is 1. The van der Waals surface area contributed by atoms with Crippen molar-refractivity contribution in [3.8, 4) is 0 Å². The van der Waals surface area contributed by atoms with Gasteiger partial charge in [0.2, 0.25) is 5.91 Å². The molecule has 3 rings (SSSR count). The number of aromatic nitrogens is 1. The number of rotatable bonds is 5. The van der Waals surface area contributed by atoms with Crippen LogP contribution < -0.4 is 10.2 Å². The molecule has 8 heteroatoms. The second kappa shape index (κ2) is 9.32. The number of hydrogen-bond acceptors (Lipinski definition) is 4. The van der Waals surface area contributed by atoms with Crippen molar-refractivity contribution in [1.29, 1.82) is 0 Å². The van der Waals surface area contributed by atoms with Gasteiger partial charge in [0.15, 0.2) is 0 Å². The first kappa shape index (κ1) is 21.9. The minimum Gasteiger partial charge on any atom is -0.355 e. The summed E-state index contributed by atoms with van der Waals surface area (Å²) in [6, 6.07) is 2.50. The van der Waals surface area contributed by atoms with E-state index in [1.165, 1.54) is 12.3 Å². The van der Waals surface area contributed by atoms with Crippen LogP contribution >= 0.6 is 0 Å². The number of anilines is 1. The van der Waals surface area contributed by atoms with E-state index in [1.807, 2.05) is 0 Å². The van der Waals surface area contributed by atoms with Crippen molar-refractivity contribution in [2.75, 3.05) is 37.6 Å². The van der Waals surface area contributed by atoms with E-state index in [-0.39, 0.29) is 30.2 Å². The summed E-state index contributed by atoms with van der Waals surface area (Å²) in [6.45, 7) is 8.19. The monoisotopic (exact) mass is 412 g/mol. The highest BCUT2D eigenvalue weighted by Gasteiger charge is 2.37. The summed E-state index contributed by atoms with van der Waals surface area (Å²) < 4.78 is 40.0. The zero-order valence-electron chi connectivity index (χ0n) is 17.2. The molecule has 2 saturated heterocycles. The van der Waals surface area contributed by atoms with E-state index < -0.39 is 11.7 Å². The van der Waals surface area contributed by atoms with Crippen LogP contribution in [0.1, 0.15) is 45.1 Å². The van der Waals surface area contributed by atoms with Crippen LogP contribution in [0.5, 0.6) is 0 Å². The summed E-state index contributed by atoms with van der Waals surface area (Å²) in [4.78, 5) is 20.8. The molecule has 2 aliphatic heterocycles. The molecule has 29 heavy (non-hydrogen) atoms. The number of piperidine rings is 2. The molecule has 2 aliphatic rings. The first-order chi connectivity index (χ1) is 13.7. The SMILES string of the molecule is CC(C)CN1CCC(NC(=O)[C@H]2CCCN(c3ncccc3C(F)(F)F)C2)CC1. The summed E-state index contributed by atoms with van der Waals surface area (Å²) in [5, 5.41) is 3.14. The summed E-state index contributed by atoms with van der Waals surface area (Å²) in [7, 11) is 0. The van der Waals surface area contributed by atoms with Crippen molar-refractivity contribution in [3.63, 3.8) is 0 Å². The first-order valence-electron chi connectivity index (χ1n) is 10.5. The Morgan fingerprint density at radius 3 is 2.62 bits per heavy atom. The molecule has 3 heterocycles. The Balaban J connectivity index is 1.57. The number of nitrogens with zero attached hydrogens (tertiary/aromatic N) is 3. The number of alkyl halides is 3. The van der Waals surface area contributed by atoms with Gasteiger partial charge in [-0.2, -0.15) is 13.2 Å².